The maximum atomic E-state index is 14.0. The second kappa shape index (κ2) is 7.70. The maximum Gasteiger partial charge on any atom is 0.128 e. The number of nitrogens with zero attached hydrogens (tertiary/aromatic N) is 1. The Hall–Kier alpha value is -1.00. The van der Waals surface area contributed by atoms with E-state index in [1.165, 1.54) is 12.1 Å². The van der Waals surface area contributed by atoms with Gasteiger partial charge in [-0.25, -0.2) is 8.78 Å². The molecule has 1 unspecified atom stereocenters. The summed E-state index contributed by atoms with van der Waals surface area (Å²) in [6, 6.07) is 3.30. The van der Waals surface area contributed by atoms with Crippen LogP contribution in [0.4, 0.5) is 8.78 Å². The highest BCUT2D eigenvalue weighted by Gasteiger charge is 2.23. The molecule has 0 radical (unpaired) electrons. The Kier molecular flexibility index (Phi) is 6.56. The molecular weight excluding hydrogens is 258 g/mol. The molecule has 1 aromatic rings. The first-order valence-electron chi connectivity index (χ1n) is 7.24. The molecule has 0 saturated heterocycles. The molecule has 20 heavy (non-hydrogen) atoms. The minimum atomic E-state index is -0.422. The van der Waals surface area contributed by atoms with Gasteiger partial charge in [0.2, 0.25) is 0 Å². The summed E-state index contributed by atoms with van der Waals surface area (Å²) in [7, 11) is 0. The normalized spacial score (nSPS) is 13.5. The summed E-state index contributed by atoms with van der Waals surface area (Å²) in [5.74, 6) is 0.0760. The molecule has 1 aromatic carbocycles. The van der Waals surface area contributed by atoms with Crippen LogP contribution in [0, 0.1) is 23.5 Å². The molecule has 0 aliphatic rings. The minimum Gasteiger partial charge on any atom is -0.329 e. The zero-order valence-corrected chi connectivity index (χ0v) is 12.9. The molecule has 1 rings (SSSR count). The number of rotatable bonds is 7. The van der Waals surface area contributed by atoms with Crippen LogP contribution in [0.2, 0.25) is 0 Å². The zero-order valence-electron chi connectivity index (χ0n) is 12.9. The molecule has 2 N–H and O–H groups in total. The van der Waals surface area contributed by atoms with Crippen LogP contribution in [0.15, 0.2) is 18.2 Å². The molecule has 114 valence electrons. The van der Waals surface area contributed by atoms with Gasteiger partial charge in [-0.3, -0.25) is 4.90 Å². The Labute approximate surface area is 121 Å². The van der Waals surface area contributed by atoms with Crippen LogP contribution < -0.4 is 5.73 Å². The molecule has 0 saturated carbocycles. The number of nitrogens with two attached hydrogens (primary N) is 1. The molecule has 0 heterocycles. The monoisotopic (exact) mass is 284 g/mol. The molecule has 0 aliphatic carbocycles. The summed E-state index contributed by atoms with van der Waals surface area (Å²) in [4.78, 5) is 2.16. The van der Waals surface area contributed by atoms with Gasteiger partial charge in [-0.05, 0) is 30.0 Å². The fourth-order valence-corrected chi connectivity index (χ4v) is 2.51. The molecule has 0 spiro atoms. The second-order valence-electron chi connectivity index (χ2n) is 6.16. The zero-order chi connectivity index (χ0) is 15.3. The van der Waals surface area contributed by atoms with E-state index in [9.17, 15) is 8.78 Å². The highest BCUT2D eigenvalue weighted by Crippen LogP contribution is 2.25. The lowest BCUT2D eigenvalue weighted by atomic mass is 10.0. The van der Waals surface area contributed by atoms with Crippen molar-refractivity contribution in [1.29, 1.82) is 0 Å². The lowest BCUT2D eigenvalue weighted by molar-refractivity contribution is 0.157. The highest BCUT2D eigenvalue weighted by atomic mass is 19.1. The van der Waals surface area contributed by atoms with Crippen molar-refractivity contribution in [3.63, 3.8) is 0 Å². The van der Waals surface area contributed by atoms with Crippen LogP contribution in [0.1, 0.15) is 39.3 Å². The number of halogens is 2. The lowest BCUT2D eigenvalue weighted by Gasteiger charge is -2.34. The molecular formula is C16H26F2N2. The van der Waals surface area contributed by atoms with Gasteiger partial charge >= 0.3 is 0 Å². The van der Waals surface area contributed by atoms with Gasteiger partial charge in [0.15, 0.2) is 0 Å². The average molecular weight is 284 g/mol. The molecule has 0 amide bonds. The Bertz CT molecular complexity index is 409. The largest absolute Gasteiger partial charge is 0.329 e. The number of hydrogen-bond acceptors (Lipinski definition) is 2. The van der Waals surface area contributed by atoms with Gasteiger partial charge in [-0.1, -0.05) is 27.7 Å². The SMILES string of the molecule is CC(C)CN(CC(C)C)C(CN)c1cc(F)ccc1F. The smallest absolute Gasteiger partial charge is 0.128 e. The Morgan fingerprint density at radius 3 is 2.05 bits per heavy atom. The van der Waals surface area contributed by atoms with Crippen LogP contribution >= 0.6 is 0 Å². The van der Waals surface area contributed by atoms with Crippen molar-refractivity contribution in [1.82, 2.24) is 4.90 Å². The van der Waals surface area contributed by atoms with Crippen molar-refractivity contribution in [2.75, 3.05) is 19.6 Å². The molecule has 0 bridgehead atoms. The Morgan fingerprint density at radius 1 is 1.05 bits per heavy atom. The van der Waals surface area contributed by atoms with Crippen LogP contribution in [-0.2, 0) is 0 Å². The third-order valence-electron chi connectivity index (χ3n) is 3.18. The van der Waals surface area contributed by atoms with Crippen molar-refractivity contribution in [3.8, 4) is 0 Å². The molecule has 1 atom stereocenters. The minimum absolute atomic E-state index is 0.278. The number of benzene rings is 1. The van der Waals surface area contributed by atoms with E-state index in [0.29, 0.717) is 17.4 Å². The van der Waals surface area contributed by atoms with Crippen LogP contribution in [0.3, 0.4) is 0 Å². The van der Waals surface area contributed by atoms with Gasteiger partial charge in [-0.2, -0.15) is 0 Å². The Morgan fingerprint density at radius 2 is 1.60 bits per heavy atom. The van der Waals surface area contributed by atoms with Gasteiger partial charge in [0.1, 0.15) is 11.6 Å². The summed E-state index contributed by atoms with van der Waals surface area (Å²) in [6.07, 6.45) is 0. The summed E-state index contributed by atoms with van der Waals surface area (Å²) in [5.41, 5.74) is 6.20. The fraction of sp³-hybridized carbons (Fsp3) is 0.625. The summed E-state index contributed by atoms with van der Waals surface area (Å²) >= 11 is 0. The van der Waals surface area contributed by atoms with Gasteiger partial charge in [0.05, 0.1) is 6.04 Å². The predicted octanol–water partition coefficient (Wildman–Crippen LogP) is 3.58. The predicted molar refractivity (Wildman–Crippen MR) is 79.4 cm³/mol. The maximum absolute atomic E-state index is 14.0. The highest BCUT2D eigenvalue weighted by molar-refractivity contribution is 5.23. The van der Waals surface area contributed by atoms with Crippen molar-refractivity contribution in [3.05, 3.63) is 35.4 Å². The van der Waals surface area contributed by atoms with Crippen molar-refractivity contribution in [2.45, 2.75) is 33.7 Å². The third-order valence-corrected chi connectivity index (χ3v) is 3.18. The van der Waals surface area contributed by atoms with Crippen molar-refractivity contribution in [2.24, 2.45) is 17.6 Å². The van der Waals surface area contributed by atoms with Crippen LogP contribution in [0.25, 0.3) is 0 Å². The van der Waals surface area contributed by atoms with Gasteiger partial charge in [0.25, 0.3) is 0 Å². The van der Waals surface area contributed by atoms with E-state index in [1.807, 2.05) is 0 Å². The van der Waals surface area contributed by atoms with E-state index >= 15 is 0 Å². The first-order chi connectivity index (χ1) is 9.35. The molecule has 0 aliphatic heterocycles. The van der Waals surface area contributed by atoms with Gasteiger partial charge in [0, 0.05) is 25.2 Å². The molecule has 2 nitrogen and oxygen atoms in total. The third kappa shape index (κ3) is 4.84. The number of hydrogen-bond donors (Lipinski definition) is 1. The first-order valence-corrected chi connectivity index (χ1v) is 7.24. The van der Waals surface area contributed by atoms with E-state index in [4.69, 9.17) is 5.73 Å². The molecule has 0 aromatic heterocycles. The standard InChI is InChI=1S/C16H26F2N2/c1-11(2)9-20(10-12(3)4)16(8-19)14-7-13(17)5-6-15(14)18/h5-7,11-12,16H,8-10,19H2,1-4H3. The average Bonchev–Trinajstić information content (AvgIpc) is 2.32. The second-order valence-corrected chi connectivity index (χ2v) is 6.16. The van der Waals surface area contributed by atoms with E-state index in [0.717, 1.165) is 19.2 Å². The fourth-order valence-electron chi connectivity index (χ4n) is 2.51. The van der Waals surface area contributed by atoms with E-state index < -0.39 is 5.82 Å². The lowest BCUT2D eigenvalue weighted by Crippen LogP contribution is -2.39. The summed E-state index contributed by atoms with van der Waals surface area (Å²) < 4.78 is 27.4. The van der Waals surface area contributed by atoms with E-state index in [2.05, 4.69) is 32.6 Å². The van der Waals surface area contributed by atoms with Crippen molar-refractivity contribution < 1.29 is 8.78 Å². The quantitative estimate of drug-likeness (QED) is 0.829. The van der Waals surface area contributed by atoms with Gasteiger partial charge in [-0.15, -0.1) is 0 Å². The van der Waals surface area contributed by atoms with Crippen LogP contribution in [-0.4, -0.2) is 24.5 Å². The summed E-state index contributed by atoms with van der Waals surface area (Å²) in [6.45, 7) is 10.4. The van der Waals surface area contributed by atoms with Crippen molar-refractivity contribution >= 4 is 0 Å². The summed E-state index contributed by atoms with van der Waals surface area (Å²) in [5, 5.41) is 0. The van der Waals surface area contributed by atoms with Crippen LogP contribution in [0.5, 0.6) is 0 Å². The van der Waals surface area contributed by atoms with E-state index in [1.54, 1.807) is 0 Å². The van der Waals surface area contributed by atoms with E-state index in [-0.39, 0.29) is 18.4 Å². The first kappa shape index (κ1) is 17.1. The molecule has 4 heteroatoms. The van der Waals surface area contributed by atoms with Gasteiger partial charge < -0.3 is 5.73 Å². The topological polar surface area (TPSA) is 29.3 Å². The Balaban J connectivity index is 3.07. The molecule has 0 fully saturated rings.